The Labute approximate surface area is 182 Å². The third-order valence-electron chi connectivity index (χ3n) is 5.78. The molecule has 4 rings (SSSR count). The predicted molar refractivity (Wildman–Crippen MR) is 120 cm³/mol. The molecule has 0 bridgehead atoms. The summed E-state index contributed by atoms with van der Waals surface area (Å²) in [7, 11) is 0. The molecule has 1 atom stereocenters. The van der Waals surface area contributed by atoms with E-state index in [0.717, 1.165) is 55.4 Å². The molecule has 0 aromatic heterocycles. The first-order chi connectivity index (χ1) is 14.9. The molecule has 7 nitrogen and oxygen atoms in total. The lowest BCUT2D eigenvalue weighted by Gasteiger charge is -2.36. The lowest BCUT2D eigenvalue weighted by molar-refractivity contribution is -0.122. The van der Waals surface area contributed by atoms with Gasteiger partial charge >= 0.3 is 5.97 Å². The van der Waals surface area contributed by atoms with Crippen LogP contribution in [-0.4, -0.2) is 55.7 Å². The van der Waals surface area contributed by atoms with Crippen molar-refractivity contribution in [3.05, 3.63) is 53.1 Å². The van der Waals surface area contributed by atoms with Crippen LogP contribution >= 0.6 is 0 Å². The molecule has 0 spiro atoms. The van der Waals surface area contributed by atoms with E-state index in [-0.39, 0.29) is 11.9 Å². The predicted octanol–water partition coefficient (Wildman–Crippen LogP) is 3.21. The van der Waals surface area contributed by atoms with E-state index in [1.165, 1.54) is 5.56 Å². The van der Waals surface area contributed by atoms with Gasteiger partial charge in [0.05, 0.1) is 17.9 Å². The highest BCUT2D eigenvalue weighted by atomic mass is 16.5. The van der Waals surface area contributed by atoms with E-state index < -0.39 is 6.10 Å². The molecule has 1 N–H and O–H groups in total. The highest BCUT2D eigenvalue weighted by Crippen LogP contribution is 2.34. The zero-order valence-electron chi connectivity index (χ0n) is 18.3. The van der Waals surface area contributed by atoms with E-state index >= 15 is 0 Å². The van der Waals surface area contributed by atoms with Crippen molar-refractivity contribution in [1.82, 2.24) is 4.90 Å². The van der Waals surface area contributed by atoms with Gasteiger partial charge in [-0.3, -0.25) is 9.69 Å². The van der Waals surface area contributed by atoms with Gasteiger partial charge in [-0.25, -0.2) is 4.79 Å². The summed E-state index contributed by atoms with van der Waals surface area (Å²) in [6.07, 6.45) is -0.462. The van der Waals surface area contributed by atoms with Gasteiger partial charge in [0.1, 0.15) is 5.75 Å². The highest BCUT2D eigenvalue weighted by molar-refractivity contribution is 5.98. The SMILES string of the molecule is CCOC(=O)c1ccc(N2CCN(Cc3cc(C)c4c(c3)NC(=O)C(C)O4)CC2)cc1. The number of nitrogens with one attached hydrogen (secondary N) is 1. The summed E-state index contributed by atoms with van der Waals surface area (Å²) in [6, 6.07) is 11.8. The Bertz CT molecular complexity index is 966. The number of hydrogen-bond donors (Lipinski definition) is 1. The van der Waals surface area contributed by atoms with Crippen molar-refractivity contribution in [2.75, 3.05) is 43.0 Å². The van der Waals surface area contributed by atoms with Gasteiger partial charge in [-0.1, -0.05) is 6.07 Å². The molecule has 2 aromatic rings. The van der Waals surface area contributed by atoms with Crippen LogP contribution in [0.25, 0.3) is 0 Å². The molecular formula is C24H29N3O4. The monoisotopic (exact) mass is 423 g/mol. The standard InChI is InChI=1S/C24H29N3O4/c1-4-30-24(29)19-5-7-20(8-6-19)27-11-9-26(10-12-27)15-18-13-16(2)22-21(14-18)25-23(28)17(3)31-22/h5-8,13-14,17H,4,9-12,15H2,1-3H3,(H,25,28). The number of ether oxygens (including phenoxy) is 2. The van der Waals surface area contributed by atoms with Crippen LogP contribution in [0.1, 0.15) is 35.3 Å². The minimum Gasteiger partial charge on any atom is -0.478 e. The fraction of sp³-hybridized carbons (Fsp3) is 0.417. The van der Waals surface area contributed by atoms with Gasteiger partial charge in [-0.15, -0.1) is 0 Å². The largest absolute Gasteiger partial charge is 0.478 e. The number of rotatable bonds is 5. The number of piperazine rings is 1. The third-order valence-corrected chi connectivity index (χ3v) is 5.78. The molecule has 1 saturated heterocycles. The summed E-state index contributed by atoms with van der Waals surface area (Å²) in [6.45, 7) is 10.5. The van der Waals surface area contributed by atoms with Gasteiger partial charge in [0, 0.05) is 38.4 Å². The van der Waals surface area contributed by atoms with Gasteiger partial charge in [0.2, 0.25) is 0 Å². The average molecular weight is 424 g/mol. The molecule has 1 amide bonds. The number of amides is 1. The van der Waals surface area contributed by atoms with Crippen LogP contribution in [0.3, 0.4) is 0 Å². The van der Waals surface area contributed by atoms with E-state index in [9.17, 15) is 9.59 Å². The van der Waals surface area contributed by atoms with Crippen LogP contribution in [0.2, 0.25) is 0 Å². The second-order valence-corrected chi connectivity index (χ2v) is 8.07. The Morgan fingerprint density at radius 2 is 1.87 bits per heavy atom. The number of benzene rings is 2. The van der Waals surface area contributed by atoms with Crippen molar-refractivity contribution in [1.29, 1.82) is 0 Å². The van der Waals surface area contributed by atoms with E-state index in [2.05, 4.69) is 21.2 Å². The second kappa shape index (κ2) is 8.98. The van der Waals surface area contributed by atoms with Crippen LogP contribution in [-0.2, 0) is 16.1 Å². The van der Waals surface area contributed by atoms with Crippen LogP contribution in [0, 0.1) is 6.92 Å². The summed E-state index contributed by atoms with van der Waals surface area (Å²) >= 11 is 0. The molecule has 1 fully saturated rings. The van der Waals surface area contributed by atoms with Gasteiger partial charge in [0.15, 0.2) is 6.10 Å². The maximum Gasteiger partial charge on any atom is 0.338 e. The average Bonchev–Trinajstić information content (AvgIpc) is 2.76. The second-order valence-electron chi connectivity index (χ2n) is 8.07. The Hall–Kier alpha value is -3.06. The molecular weight excluding hydrogens is 394 g/mol. The maximum absolute atomic E-state index is 12.0. The van der Waals surface area contributed by atoms with E-state index in [1.807, 2.05) is 44.2 Å². The van der Waals surface area contributed by atoms with Crippen molar-refractivity contribution in [3.63, 3.8) is 0 Å². The fourth-order valence-electron chi connectivity index (χ4n) is 4.10. The number of aryl methyl sites for hydroxylation is 1. The number of fused-ring (bicyclic) bond motifs is 1. The molecule has 0 radical (unpaired) electrons. The molecule has 7 heteroatoms. The Balaban J connectivity index is 1.35. The summed E-state index contributed by atoms with van der Waals surface area (Å²) < 4.78 is 10.8. The molecule has 164 valence electrons. The van der Waals surface area contributed by atoms with Gasteiger partial charge in [-0.2, -0.15) is 0 Å². The number of carbonyl (C=O) groups excluding carboxylic acids is 2. The quantitative estimate of drug-likeness (QED) is 0.745. The number of hydrogen-bond acceptors (Lipinski definition) is 6. The molecule has 2 aromatic carbocycles. The zero-order valence-corrected chi connectivity index (χ0v) is 18.3. The Morgan fingerprint density at radius 1 is 1.16 bits per heavy atom. The summed E-state index contributed by atoms with van der Waals surface area (Å²) in [5.41, 5.74) is 4.67. The van der Waals surface area contributed by atoms with Crippen molar-refractivity contribution in [3.8, 4) is 5.75 Å². The smallest absolute Gasteiger partial charge is 0.338 e. The molecule has 2 aliphatic heterocycles. The van der Waals surface area contributed by atoms with Gasteiger partial charge < -0.3 is 19.7 Å². The molecule has 1 unspecified atom stereocenters. The number of nitrogens with zero attached hydrogens (tertiary/aromatic N) is 2. The molecule has 2 heterocycles. The van der Waals surface area contributed by atoms with Crippen molar-refractivity contribution >= 4 is 23.3 Å². The van der Waals surface area contributed by atoms with Crippen molar-refractivity contribution < 1.29 is 19.1 Å². The lowest BCUT2D eigenvalue weighted by Crippen LogP contribution is -2.46. The Morgan fingerprint density at radius 3 is 2.55 bits per heavy atom. The van der Waals surface area contributed by atoms with E-state index in [0.29, 0.717) is 12.2 Å². The maximum atomic E-state index is 12.0. The summed E-state index contributed by atoms with van der Waals surface area (Å²) in [4.78, 5) is 28.5. The van der Waals surface area contributed by atoms with Crippen LogP contribution in [0.15, 0.2) is 36.4 Å². The fourth-order valence-corrected chi connectivity index (χ4v) is 4.10. The molecule has 31 heavy (non-hydrogen) atoms. The first-order valence-corrected chi connectivity index (χ1v) is 10.8. The van der Waals surface area contributed by atoms with Crippen LogP contribution in [0.5, 0.6) is 5.75 Å². The summed E-state index contributed by atoms with van der Waals surface area (Å²) in [5, 5.41) is 2.95. The first-order valence-electron chi connectivity index (χ1n) is 10.8. The third kappa shape index (κ3) is 4.66. The highest BCUT2D eigenvalue weighted by Gasteiger charge is 2.26. The minimum atomic E-state index is -0.462. The topological polar surface area (TPSA) is 71.1 Å². The molecule has 0 saturated carbocycles. The lowest BCUT2D eigenvalue weighted by atomic mass is 10.1. The van der Waals surface area contributed by atoms with E-state index in [1.54, 1.807) is 6.92 Å². The summed E-state index contributed by atoms with van der Waals surface area (Å²) in [5.74, 6) is 0.383. The van der Waals surface area contributed by atoms with Crippen molar-refractivity contribution in [2.24, 2.45) is 0 Å². The van der Waals surface area contributed by atoms with Gasteiger partial charge in [-0.05, 0) is 62.2 Å². The first kappa shape index (κ1) is 21.2. The number of carbonyl (C=O) groups is 2. The normalized spacial score (nSPS) is 18.7. The van der Waals surface area contributed by atoms with Crippen LogP contribution in [0.4, 0.5) is 11.4 Å². The number of anilines is 2. The Kier molecular flexibility index (Phi) is 6.13. The number of esters is 1. The van der Waals surface area contributed by atoms with E-state index in [4.69, 9.17) is 9.47 Å². The van der Waals surface area contributed by atoms with Gasteiger partial charge in [0.25, 0.3) is 5.91 Å². The van der Waals surface area contributed by atoms with Crippen molar-refractivity contribution in [2.45, 2.75) is 33.4 Å². The zero-order chi connectivity index (χ0) is 22.0. The molecule has 2 aliphatic rings. The molecule has 0 aliphatic carbocycles. The minimum absolute atomic E-state index is 0.105. The van der Waals surface area contributed by atoms with Crippen LogP contribution < -0.4 is 15.0 Å².